The highest BCUT2D eigenvalue weighted by Crippen LogP contribution is 2.77. The molecule has 5 rings (SSSR count). The lowest BCUT2D eigenvalue weighted by Gasteiger charge is -2.44. The van der Waals surface area contributed by atoms with Gasteiger partial charge in [-0.1, -0.05) is 99.6 Å². The van der Waals surface area contributed by atoms with Crippen molar-refractivity contribution >= 4 is 17.8 Å². The van der Waals surface area contributed by atoms with Crippen LogP contribution in [0.5, 0.6) is 0 Å². The van der Waals surface area contributed by atoms with Crippen LogP contribution in [0, 0.1) is 16.2 Å². The van der Waals surface area contributed by atoms with Gasteiger partial charge in [-0.05, 0) is 47.1 Å². The molecule has 3 aromatic rings. The minimum atomic E-state index is -0.527. The largest absolute Gasteiger partial charge is 0.351 e. The van der Waals surface area contributed by atoms with Crippen molar-refractivity contribution in [3.63, 3.8) is 0 Å². The van der Waals surface area contributed by atoms with E-state index < -0.39 is 10.8 Å². The Balaban J connectivity index is 1.66. The van der Waals surface area contributed by atoms with Crippen molar-refractivity contribution in [3.05, 3.63) is 113 Å². The second-order valence-electron chi connectivity index (χ2n) is 10.4. The van der Waals surface area contributed by atoms with Crippen LogP contribution in [0.15, 0.2) is 96.6 Å². The van der Waals surface area contributed by atoms with Crippen molar-refractivity contribution in [1.29, 1.82) is 0 Å². The summed E-state index contributed by atoms with van der Waals surface area (Å²) in [6.07, 6.45) is 2.84. The molecule has 0 spiro atoms. The second-order valence-corrected chi connectivity index (χ2v) is 10.4. The molecule has 3 aromatic carbocycles. The SMILES string of the molecule is CC12CC(c3ccccc3)C(CNC(=O)c3ccccc3)(C(=Cc3ccccc3)C1=O)C2(C)C. The maximum Gasteiger partial charge on any atom is 0.251 e. The quantitative estimate of drug-likeness (QED) is 0.465. The molecule has 2 fully saturated rings. The van der Waals surface area contributed by atoms with Crippen LogP contribution in [0.3, 0.4) is 0 Å². The van der Waals surface area contributed by atoms with Crippen LogP contribution in [0.1, 0.15) is 54.6 Å². The lowest BCUT2D eigenvalue weighted by atomic mass is 9.60. The molecule has 2 bridgehead atoms. The van der Waals surface area contributed by atoms with E-state index in [1.54, 1.807) is 0 Å². The minimum Gasteiger partial charge on any atom is -0.351 e. The van der Waals surface area contributed by atoms with Crippen LogP contribution >= 0.6 is 0 Å². The molecule has 0 saturated heterocycles. The van der Waals surface area contributed by atoms with Crippen LogP contribution in [-0.2, 0) is 4.79 Å². The van der Waals surface area contributed by atoms with Gasteiger partial charge in [0.25, 0.3) is 5.91 Å². The average molecular weight is 450 g/mol. The van der Waals surface area contributed by atoms with Crippen molar-refractivity contribution in [2.75, 3.05) is 6.54 Å². The number of Topliss-reactive ketones (excluding diaryl/α,β-unsaturated/α-hetero) is 1. The maximum absolute atomic E-state index is 14.0. The van der Waals surface area contributed by atoms with Crippen molar-refractivity contribution in [1.82, 2.24) is 5.32 Å². The lowest BCUT2D eigenvalue weighted by Crippen LogP contribution is -2.47. The number of ketones is 1. The summed E-state index contributed by atoms with van der Waals surface area (Å²) in [5.41, 5.74) is 2.32. The van der Waals surface area contributed by atoms with Gasteiger partial charge >= 0.3 is 0 Å². The highest BCUT2D eigenvalue weighted by atomic mass is 16.1. The van der Waals surface area contributed by atoms with Gasteiger partial charge in [-0.2, -0.15) is 0 Å². The van der Waals surface area contributed by atoms with Gasteiger partial charge in [-0.15, -0.1) is 0 Å². The first-order valence-corrected chi connectivity index (χ1v) is 12.0. The fourth-order valence-corrected chi connectivity index (χ4v) is 6.51. The van der Waals surface area contributed by atoms with Crippen LogP contribution in [0.2, 0.25) is 0 Å². The number of rotatable bonds is 5. The van der Waals surface area contributed by atoms with E-state index in [9.17, 15) is 9.59 Å². The van der Waals surface area contributed by atoms with Crippen molar-refractivity contribution in [3.8, 4) is 0 Å². The zero-order valence-electron chi connectivity index (χ0n) is 20.0. The third-order valence-electron chi connectivity index (χ3n) is 8.80. The molecule has 3 atom stereocenters. The third kappa shape index (κ3) is 3.10. The molecule has 3 unspecified atom stereocenters. The summed E-state index contributed by atoms with van der Waals surface area (Å²) in [7, 11) is 0. The van der Waals surface area contributed by atoms with Gasteiger partial charge in [0.2, 0.25) is 0 Å². The zero-order valence-corrected chi connectivity index (χ0v) is 20.0. The van der Waals surface area contributed by atoms with Crippen LogP contribution < -0.4 is 5.32 Å². The van der Waals surface area contributed by atoms with E-state index in [0.29, 0.717) is 12.1 Å². The standard InChI is InChI=1S/C31H31NO2/c1-29(2)30(3)20-26(23-15-9-5-10-16-23)31(29,21-32-28(34)24-17-11-6-12-18-24)25(27(30)33)19-22-13-7-4-8-14-22/h4-19,26H,20-21H2,1-3H3,(H,32,34). The molecule has 2 aliphatic carbocycles. The Morgan fingerprint density at radius 3 is 2.06 bits per heavy atom. The van der Waals surface area contributed by atoms with E-state index in [4.69, 9.17) is 0 Å². The Bertz CT molecular complexity index is 1250. The molecular formula is C31H31NO2. The molecule has 3 nitrogen and oxygen atoms in total. The summed E-state index contributed by atoms with van der Waals surface area (Å²) < 4.78 is 0. The smallest absolute Gasteiger partial charge is 0.251 e. The molecule has 2 saturated carbocycles. The highest BCUT2D eigenvalue weighted by Gasteiger charge is 2.75. The molecule has 34 heavy (non-hydrogen) atoms. The molecule has 0 radical (unpaired) electrons. The Morgan fingerprint density at radius 1 is 0.882 bits per heavy atom. The number of benzene rings is 3. The highest BCUT2D eigenvalue weighted by molar-refractivity contribution is 6.10. The molecule has 1 N–H and O–H groups in total. The predicted molar refractivity (Wildman–Crippen MR) is 136 cm³/mol. The Hall–Kier alpha value is -3.46. The number of amides is 1. The summed E-state index contributed by atoms with van der Waals surface area (Å²) in [5, 5.41) is 3.24. The predicted octanol–water partition coefficient (Wildman–Crippen LogP) is 6.29. The van der Waals surface area contributed by atoms with E-state index in [-0.39, 0.29) is 23.0 Å². The van der Waals surface area contributed by atoms with E-state index in [2.05, 4.69) is 56.4 Å². The van der Waals surface area contributed by atoms with E-state index in [0.717, 1.165) is 17.6 Å². The molecule has 172 valence electrons. The van der Waals surface area contributed by atoms with Crippen molar-refractivity contribution in [2.45, 2.75) is 33.1 Å². The van der Waals surface area contributed by atoms with Crippen LogP contribution in [0.4, 0.5) is 0 Å². The second kappa shape index (κ2) is 8.09. The number of hydrogen-bond donors (Lipinski definition) is 1. The van der Waals surface area contributed by atoms with E-state index in [1.165, 1.54) is 5.56 Å². The molecule has 1 amide bonds. The Morgan fingerprint density at radius 2 is 1.44 bits per heavy atom. The summed E-state index contributed by atoms with van der Waals surface area (Å²) in [4.78, 5) is 27.2. The Labute approximate surface area is 201 Å². The maximum atomic E-state index is 14.0. The first-order valence-electron chi connectivity index (χ1n) is 12.0. The van der Waals surface area contributed by atoms with Gasteiger partial charge in [-0.3, -0.25) is 9.59 Å². The molecule has 0 aromatic heterocycles. The number of carbonyl (C=O) groups is 2. The number of fused-ring (bicyclic) bond motifs is 2. The van der Waals surface area contributed by atoms with E-state index in [1.807, 2.05) is 66.7 Å². The normalized spacial score (nSPS) is 28.3. The lowest BCUT2D eigenvalue weighted by molar-refractivity contribution is -0.125. The molecule has 2 aliphatic rings. The monoisotopic (exact) mass is 449 g/mol. The Kier molecular flexibility index (Phi) is 5.31. The first-order chi connectivity index (χ1) is 16.3. The van der Waals surface area contributed by atoms with Gasteiger partial charge in [0, 0.05) is 28.5 Å². The van der Waals surface area contributed by atoms with Gasteiger partial charge in [0.15, 0.2) is 5.78 Å². The average Bonchev–Trinajstić information content (AvgIpc) is 3.12. The van der Waals surface area contributed by atoms with Gasteiger partial charge < -0.3 is 5.32 Å². The first kappa shape index (κ1) is 22.3. The molecular weight excluding hydrogens is 418 g/mol. The zero-order chi connectivity index (χ0) is 24.0. The fourth-order valence-electron chi connectivity index (χ4n) is 6.51. The van der Waals surface area contributed by atoms with Crippen LogP contribution in [-0.4, -0.2) is 18.2 Å². The van der Waals surface area contributed by atoms with E-state index >= 15 is 0 Å². The topological polar surface area (TPSA) is 46.2 Å². The van der Waals surface area contributed by atoms with Gasteiger partial charge in [0.1, 0.15) is 0 Å². The summed E-state index contributed by atoms with van der Waals surface area (Å²) in [5.74, 6) is 0.226. The fraction of sp³-hybridized carbons (Fsp3) is 0.290. The summed E-state index contributed by atoms with van der Waals surface area (Å²) >= 11 is 0. The van der Waals surface area contributed by atoms with Crippen molar-refractivity contribution < 1.29 is 9.59 Å². The van der Waals surface area contributed by atoms with Crippen LogP contribution in [0.25, 0.3) is 6.08 Å². The molecule has 0 heterocycles. The summed E-state index contributed by atoms with van der Waals surface area (Å²) in [6.45, 7) is 6.97. The summed E-state index contributed by atoms with van der Waals surface area (Å²) in [6, 6.07) is 29.8. The minimum absolute atomic E-state index is 0.107. The van der Waals surface area contributed by atoms with Crippen molar-refractivity contribution in [2.24, 2.45) is 16.2 Å². The third-order valence-corrected chi connectivity index (χ3v) is 8.80. The number of hydrogen-bond acceptors (Lipinski definition) is 2. The number of nitrogens with one attached hydrogen (secondary N) is 1. The molecule has 3 heteroatoms. The number of carbonyl (C=O) groups excluding carboxylic acids is 2. The van der Waals surface area contributed by atoms with Gasteiger partial charge in [0.05, 0.1) is 0 Å². The molecule has 0 aliphatic heterocycles. The van der Waals surface area contributed by atoms with Gasteiger partial charge in [-0.25, -0.2) is 0 Å².